The second kappa shape index (κ2) is 6.85. The van der Waals surface area contributed by atoms with Crippen molar-refractivity contribution in [3.63, 3.8) is 0 Å². The van der Waals surface area contributed by atoms with Crippen LogP contribution in [0.3, 0.4) is 0 Å². The van der Waals surface area contributed by atoms with Crippen LogP contribution in [0.5, 0.6) is 0 Å². The predicted molar refractivity (Wildman–Crippen MR) is 91.0 cm³/mol. The van der Waals surface area contributed by atoms with Gasteiger partial charge in [0.05, 0.1) is 21.9 Å². The molecule has 0 spiro atoms. The van der Waals surface area contributed by atoms with E-state index in [1.165, 1.54) is 36.4 Å². The van der Waals surface area contributed by atoms with Crippen molar-refractivity contribution in [2.45, 2.75) is 0 Å². The van der Waals surface area contributed by atoms with Gasteiger partial charge in [0.25, 0.3) is 11.6 Å². The smallest absolute Gasteiger partial charge is 0.271 e. The number of amides is 1. The van der Waals surface area contributed by atoms with E-state index in [0.717, 1.165) is 12.3 Å². The maximum absolute atomic E-state index is 12.2. The molecule has 10 heteroatoms. The Morgan fingerprint density at radius 1 is 1.17 bits per heavy atom. The van der Waals surface area contributed by atoms with Gasteiger partial charge in [0.2, 0.25) is 10.0 Å². The molecule has 126 valence electrons. The number of nitro groups is 1. The van der Waals surface area contributed by atoms with Gasteiger partial charge in [0.15, 0.2) is 0 Å². The van der Waals surface area contributed by atoms with E-state index < -0.39 is 20.9 Å². The number of rotatable bonds is 5. The first-order chi connectivity index (χ1) is 11.2. The third kappa shape index (κ3) is 4.67. The molecule has 0 radical (unpaired) electrons. The van der Waals surface area contributed by atoms with E-state index >= 15 is 0 Å². The van der Waals surface area contributed by atoms with E-state index in [2.05, 4.69) is 10.0 Å². The molecule has 2 N–H and O–H groups in total. The fourth-order valence-electron chi connectivity index (χ4n) is 1.82. The molecule has 0 aromatic heterocycles. The Labute approximate surface area is 142 Å². The maximum Gasteiger partial charge on any atom is 0.271 e. The van der Waals surface area contributed by atoms with Crippen molar-refractivity contribution >= 4 is 44.6 Å². The zero-order valence-corrected chi connectivity index (χ0v) is 13.9. The van der Waals surface area contributed by atoms with Gasteiger partial charge in [-0.25, -0.2) is 8.42 Å². The Kier molecular flexibility index (Phi) is 5.05. The molecule has 24 heavy (non-hydrogen) atoms. The van der Waals surface area contributed by atoms with Crippen LogP contribution >= 0.6 is 11.6 Å². The first kappa shape index (κ1) is 17.7. The highest BCUT2D eigenvalue weighted by Crippen LogP contribution is 2.27. The zero-order chi connectivity index (χ0) is 17.9. The first-order valence-electron chi connectivity index (χ1n) is 6.49. The van der Waals surface area contributed by atoms with Crippen LogP contribution in [0.15, 0.2) is 42.5 Å². The summed E-state index contributed by atoms with van der Waals surface area (Å²) in [6.07, 6.45) is 1.01. The number of carbonyl (C=O) groups excluding carboxylic acids is 1. The number of hydrogen-bond donors (Lipinski definition) is 2. The van der Waals surface area contributed by atoms with E-state index in [9.17, 15) is 23.3 Å². The summed E-state index contributed by atoms with van der Waals surface area (Å²) in [5.41, 5.74) is 0.440. The average molecular weight is 370 g/mol. The number of non-ortho nitro benzene ring substituents is 1. The maximum atomic E-state index is 12.2. The molecule has 0 bridgehead atoms. The summed E-state index contributed by atoms with van der Waals surface area (Å²) in [6.45, 7) is 0. The van der Waals surface area contributed by atoms with Gasteiger partial charge in [0, 0.05) is 23.4 Å². The number of carbonyl (C=O) groups is 1. The Balaban J connectivity index is 2.18. The number of benzene rings is 2. The average Bonchev–Trinajstić information content (AvgIpc) is 2.48. The number of nitrogens with one attached hydrogen (secondary N) is 2. The van der Waals surface area contributed by atoms with Crippen LogP contribution in [-0.4, -0.2) is 25.5 Å². The molecule has 2 aromatic rings. The molecule has 8 nitrogen and oxygen atoms in total. The Morgan fingerprint density at radius 3 is 2.33 bits per heavy atom. The van der Waals surface area contributed by atoms with Crippen molar-refractivity contribution in [2.75, 3.05) is 16.3 Å². The third-order valence-electron chi connectivity index (χ3n) is 2.86. The number of nitro benzene ring substituents is 1. The van der Waals surface area contributed by atoms with E-state index in [1.807, 2.05) is 0 Å². The molecular weight excluding hydrogens is 358 g/mol. The quantitative estimate of drug-likeness (QED) is 0.620. The van der Waals surface area contributed by atoms with Gasteiger partial charge in [0.1, 0.15) is 0 Å². The molecule has 0 unspecified atom stereocenters. The van der Waals surface area contributed by atoms with Crippen LogP contribution in [0.1, 0.15) is 10.4 Å². The van der Waals surface area contributed by atoms with Crippen LogP contribution < -0.4 is 10.0 Å². The summed E-state index contributed by atoms with van der Waals surface area (Å²) in [6, 6.07) is 9.36. The number of hydrogen-bond acceptors (Lipinski definition) is 5. The molecule has 2 rings (SSSR count). The van der Waals surface area contributed by atoms with Crippen molar-refractivity contribution in [1.82, 2.24) is 0 Å². The van der Waals surface area contributed by atoms with Gasteiger partial charge in [-0.2, -0.15) is 0 Å². The van der Waals surface area contributed by atoms with Gasteiger partial charge < -0.3 is 5.32 Å². The molecule has 0 atom stereocenters. The molecule has 1 amide bonds. The Morgan fingerprint density at radius 2 is 1.79 bits per heavy atom. The molecule has 0 aliphatic carbocycles. The molecule has 2 aromatic carbocycles. The minimum absolute atomic E-state index is 0.106. The Bertz CT molecular complexity index is 897. The van der Waals surface area contributed by atoms with Crippen LogP contribution in [0, 0.1) is 10.1 Å². The number of halogens is 1. The molecular formula is C14H12ClN3O5S. The number of sulfonamides is 1. The van der Waals surface area contributed by atoms with Crippen molar-refractivity contribution in [1.29, 1.82) is 0 Å². The molecule has 0 aliphatic rings. The second-order valence-corrected chi connectivity index (χ2v) is 6.98. The lowest BCUT2D eigenvalue weighted by Gasteiger charge is -2.08. The number of anilines is 2. The SMILES string of the molecule is CS(=O)(=O)Nc1ccc(C(=O)Nc2cc([N+](=O)[O-])ccc2Cl)cc1. The van der Waals surface area contributed by atoms with Crippen LogP contribution in [0.25, 0.3) is 0 Å². The lowest BCUT2D eigenvalue weighted by atomic mass is 10.2. The van der Waals surface area contributed by atoms with E-state index in [1.54, 1.807) is 0 Å². The number of nitrogens with zero attached hydrogens (tertiary/aromatic N) is 1. The highest BCUT2D eigenvalue weighted by atomic mass is 35.5. The van der Waals surface area contributed by atoms with E-state index in [0.29, 0.717) is 5.69 Å². The fourth-order valence-corrected chi connectivity index (χ4v) is 2.55. The summed E-state index contributed by atoms with van der Waals surface area (Å²) in [5.74, 6) is -0.539. The minimum atomic E-state index is -3.41. The van der Waals surface area contributed by atoms with Crippen molar-refractivity contribution < 1.29 is 18.1 Å². The van der Waals surface area contributed by atoms with Crippen molar-refractivity contribution in [3.8, 4) is 0 Å². The Hall–Kier alpha value is -2.65. The van der Waals surface area contributed by atoms with Gasteiger partial charge in [-0.3, -0.25) is 19.6 Å². The topological polar surface area (TPSA) is 118 Å². The van der Waals surface area contributed by atoms with Crippen LogP contribution in [0.2, 0.25) is 5.02 Å². The fraction of sp³-hybridized carbons (Fsp3) is 0.0714. The zero-order valence-electron chi connectivity index (χ0n) is 12.3. The standard InChI is InChI=1S/C14H12ClN3O5S/c1-24(22,23)17-10-4-2-9(3-5-10)14(19)16-13-8-11(18(20)21)6-7-12(13)15/h2-8,17H,1H3,(H,16,19). The van der Waals surface area contributed by atoms with Gasteiger partial charge >= 0.3 is 0 Å². The molecule has 0 heterocycles. The molecule has 0 saturated heterocycles. The molecule has 0 saturated carbocycles. The van der Waals surface area contributed by atoms with Crippen LogP contribution in [-0.2, 0) is 10.0 Å². The van der Waals surface area contributed by atoms with Gasteiger partial charge in [-0.1, -0.05) is 11.6 Å². The normalized spacial score (nSPS) is 10.9. The van der Waals surface area contributed by atoms with Gasteiger partial charge in [-0.05, 0) is 30.3 Å². The third-order valence-corrected chi connectivity index (χ3v) is 3.80. The van der Waals surface area contributed by atoms with Crippen molar-refractivity contribution in [3.05, 3.63) is 63.2 Å². The van der Waals surface area contributed by atoms with Crippen LogP contribution in [0.4, 0.5) is 17.1 Å². The lowest BCUT2D eigenvalue weighted by Crippen LogP contribution is -2.13. The molecule has 0 aliphatic heterocycles. The highest BCUT2D eigenvalue weighted by molar-refractivity contribution is 7.92. The summed E-state index contributed by atoms with van der Waals surface area (Å²) >= 11 is 5.92. The molecule has 0 fully saturated rings. The lowest BCUT2D eigenvalue weighted by molar-refractivity contribution is -0.384. The summed E-state index contributed by atoms with van der Waals surface area (Å²) in [4.78, 5) is 22.3. The summed E-state index contributed by atoms with van der Waals surface area (Å²) in [5, 5.41) is 13.4. The first-order valence-corrected chi connectivity index (χ1v) is 8.76. The van der Waals surface area contributed by atoms with E-state index in [4.69, 9.17) is 11.6 Å². The highest BCUT2D eigenvalue weighted by Gasteiger charge is 2.13. The largest absolute Gasteiger partial charge is 0.320 e. The summed E-state index contributed by atoms with van der Waals surface area (Å²) < 4.78 is 24.5. The minimum Gasteiger partial charge on any atom is -0.320 e. The predicted octanol–water partition coefficient (Wildman–Crippen LogP) is 2.87. The second-order valence-electron chi connectivity index (χ2n) is 4.83. The van der Waals surface area contributed by atoms with E-state index in [-0.39, 0.29) is 22.0 Å². The van der Waals surface area contributed by atoms with Gasteiger partial charge in [-0.15, -0.1) is 0 Å². The van der Waals surface area contributed by atoms with Crippen molar-refractivity contribution in [2.24, 2.45) is 0 Å². The monoisotopic (exact) mass is 369 g/mol. The summed E-state index contributed by atoms with van der Waals surface area (Å²) in [7, 11) is -3.41.